The summed E-state index contributed by atoms with van der Waals surface area (Å²) in [6, 6.07) is 10.2. The lowest BCUT2D eigenvalue weighted by atomic mass is 10.0. The number of hydrogen-bond donors (Lipinski definition) is 2. The van der Waals surface area contributed by atoms with Crippen LogP contribution in [0.3, 0.4) is 0 Å². The first-order valence-electron chi connectivity index (χ1n) is 6.12. The van der Waals surface area contributed by atoms with Gasteiger partial charge in [0.2, 0.25) is 5.91 Å². The fraction of sp³-hybridized carbons (Fsp3) is 0.500. The molecule has 0 bridgehead atoms. The van der Waals surface area contributed by atoms with Gasteiger partial charge >= 0.3 is 0 Å². The SMILES string of the molecule is CNCC(C)C(=O)NCC(C)c1ccccc1.Cl. The third-order valence-electron chi connectivity index (χ3n) is 2.91. The number of carbonyl (C=O) groups is 1. The standard InChI is InChI=1S/C14H22N2O.ClH/c1-11(13-7-5-4-6-8-13)10-16-14(17)12(2)9-15-3;/h4-8,11-12,15H,9-10H2,1-3H3,(H,16,17);1H. The van der Waals surface area contributed by atoms with Gasteiger partial charge in [-0.2, -0.15) is 0 Å². The van der Waals surface area contributed by atoms with Crippen molar-refractivity contribution in [1.29, 1.82) is 0 Å². The van der Waals surface area contributed by atoms with Crippen molar-refractivity contribution in [2.45, 2.75) is 19.8 Å². The van der Waals surface area contributed by atoms with Crippen molar-refractivity contribution < 1.29 is 4.79 Å². The highest BCUT2D eigenvalue weighted by Gasteiger charge is 2.13. The number of benzene rings is 1. The zero-order valence-corrected chi connectivity index (χ0v) is 12.1. The minimum absolute atomic E-state index is 0. The zero-order chi connectivity index (χ0) is 12.7. The Balaban J connectivity index is 0.00000289. The summed E-state index contributed by atoms with van der Waals surface area (Å²) in [5.41, 5.74) is 1.26. The minimum atomic E-state index is 0. The van der Waals surface area contributed by atoms with Crippen LogP contribution in [-0.2, 0) is 4.79 Å². The highest BCUT2D eigenvalue weighted by Crippen LogP contribution is 2.13. The van der Waals surface area contributed by atoms with Gasteiger partial charge in [0, 0.05) is 19.0 Å². The Hall–Kier alpha value is -1.06. The topological polar surface area (TPSA) is 41.1 Å². The minimum Gasteiger partial charge on any atom is -0.355 e. The van der Waals surface area contributed by atoms with Crippen LogP contribution in [0.2, 0.25) is 0 Å². The Bertz CT molecular complexity index is 343. The van der Waals surface area contributed by atoms with Crippen LogP contribution in [0.25, 0.3) is 0 Å². The van der Waals surface area contributed by atoms with Crippen molar-refractivity contribution in [3.05, 3.63) is 35.9 Å². The van der Waals surface area contributed by atoms with Crippen molar-refractivity contribution >= 4 is 18.3 Å². The van der Waals surface area contributed by atoms with Crippen molar-refractivity contribution in [3.8, 4) is 0 Å². The number of rotatable bonds is 6. The van der Waals surface area contributed by atoms with E-state index in [2.05, 4.69) is 29.7 Å². The lowest BCUT2D eigenvalue weighted by Gasteiger charge is -2.15. The summed E-state index contributed by atoms with van der Waals surface area (Å²) >= 11 is 0. The summed E-state index contributed by atoms with van der Waals surface area (Å²) in [4.78, 5) is 11.7. The second-order valence-corrected chi connectivity index (χ2v) is 4.52. The first kappa shape index (κ1) is 16.9. The molecule has 0 fully saturated rings. The van der Waals surface area contributed by atoms with Crippen LogP contribution in [0.1, 0.15) is 25.3 Å². The van der Waals surface area contributed by atoms with Crippen LogP contribution in [0.15, 0.2) is 30.3 Å². The van der Waals surface area contributed by atoms with E-state index in [0.717, 1.165) is 0 Å². The Morgan fingerprint density at radius 2 is 1.78 bits per heavy atom. The molecular weight excluding hydrogens is 248 g/mol. The monoisotopic (exact) mass is 270 g/mol. The average molecular weight is 271 g/mol. The maximum absolute atomic E-state index is 11.7. The maximum atomic E-state index is 11.7. The van der Waals surface area contributed by atoms with Crippen LogP contribution < -0.4 is 10.6 Å². The molecule has 0 heterocycles. The van der Waals surface area contributed by atoms with Gasteiger partial charge in [0.05, 0.1) is 0 Å². The number of carbonyl (C=O) groups excluding carboxylic acids is 1. The third kappa shape index (κ3) is 5.52. The molecule has 1 rings (SSSR count). The van der Waals surface area contributed by atoms with Crippen LogP contribution in [0, 0.1) is 5.92 Å². The van der Waals surface area contributed by atoms with Gasteiger partial charge in [-0.25, -0.2) is 0 Å². The van der Waals surface area contributed by atoms with Gasteiger partial charge in [-0.15, -0.1) is 12.4 Å². The highest BCUT2D eigenvalue weighted by atomic mass is 35.5. The van der Waals surface area contributed by atoms with Crippen LogP contribution in [-0.4, -0.2) is 26.0 Å². The molecule has 2 N–H and O–H groups in total. The Morgan fingerprint density at radius 1 is 1.17 bits per heavy atom. The molecule has 0 saturated heterocycles. The van der Waals surface area contributed by atoms with Gasteiger partial charge in [-0.3, -0.25) is 4.79 Å². The molecule has 18 heavy (non-hydrogen) atoms. The summed E-state index contributed by atoms with van der Waals surface area (Å²) < 4.78 is 0. The molecule has 0 saturated carbocycles. The van der Waals surface area contributed by atoms with E-state index in [1.165, 1.54) is 5.56 Å². The largest absolute Gasteiger partial charge is 0.355 e. The smallest absolute Gasteiger partial charge is 0.224 e. The van der Waals surface area contributed by atoms with Gasteiger partial charge in [-0.1, -0.05) is 44.2 Å². The third-order valence-corrected chi connectivity index (χ3v) is 2.91. The van der Waals surface area contributed by atoms with Gasteiger partial charge in [0.15, 0.2) is 0 Å². The molecule has 0 spiro atoms. The molecule has 0 aliphatic rings. The summed E-state index contributed by atoms with van der Waals surface area (Å²) in [7, 11) is 1.86. The van der Waals surface area contributed by atoms with E-state index >= 15 is 0 Å². The number of nitrogens with one attached hydrogen (secondary N) is 2. The van der Waals surface area contributed by atoms with Crippen molar-refractivity contribution in [2.24, 2.45) is 5.92 Å². The number of amides is 1. The number of halogens is 1. The van der Waals surface area contributed by atoms with E-state index in [1.807, 2.05) is 32.2 Å². The highest BCUT2D eigenvalue weighted by molar-refractivity contribution is 5.85. The molecule has 2 unspecified atom stereocenters. The predicted octanol–water partition coefficient (Wildman–Crippen LogP) is 2.18. The second kappa shape index (κ2) is 8.95. The fourth-order valence-corrected chi connectivity index (χ4v) is 1.73. The Labute approximate surface area is 116 Å². The van der Waals surface area contributed by atoms with Gasteiger partial charge in [0.1, 0.15) is 0 Å². The number of hydrogen-bond acceptors (Lipinski definition) is 2. The zero-order valence-electron chi connectivity index (χ0n) is 11.3. The fourth-order valence-electron chi connectivity index (χ4n) is 1.73. The van der Waals surface area contributed by atoms with E-state index in [1.54, 1.807) is 0 Å². The van der Waals surface area contributed by atoms with Gasteiger partial charge in [-0.05, 0) is 18.5 Å². The molecule has 0 radical (unpaired) electrons. The van der Waals surface area contributed by atoms with E-state index in [-0.39, 0.29) is 24.2 Å². The summed E-state index contributed by atoms with van der Waals surface area (Å²) in [6.45, 7) is 5.46. The molecule has 1 aromatic rings. The van der Waals surface area contributed by atoms with E-state index in [4.69, 9.17) is 0 Å². The lowest BCUT2D eigenvalue weighted by Crippen LogP contribution is -2.36. The molecule has 2 atom stereocenters. The molecule has 0 aromatic heterocycles. The quantitative estimate of drug-likeness (QED) is 0.832. The first-order chi connectivity index (χ1) is 8.15. The summed E-state index contributed by atoms with van der Waals surface area (Å²) in [6.07, 6.45) is 0. The van der Waals surface area contributed by atoms with Gasteiger partial charge < -0.3 is 10.6 Å². The second-order valence-electron chi connectivity index (χ2n) is 4.52. The molecule has 3 nitrogen and oxygen atoms in total. The Kier molecular flexibility index (Phi) is 8.42. The predicted molar refractivity (Wildman–Crippen MR) is 78.2 cm³/mol. The van der Waals surface area contributed by atoms with Crippen molar-refractivity contribution in [2.75, 3.05) is 20.1 Å². The van der Waals surface area contributed by atoms with Gasteiger partial charge in [0.25, 0.3) is 0 Å². The Morgan fingerprint density at radius 3 is 2.33 bits per heavy atom. The molecule has 4 heteroatoms. The molecular formula is C14H23ClN2O. The van der Waals surface area contributed by atoms with E-state index < -0.39 is 0 Å². The maximum Gasteiger partial charge on any atom is 0.224 e. The van der Waals surface area contributed by atoms with E-state index in [0.29, 0.717) is 19.0 Å². The molecule has 1 amide bonds. The van der Waals surface area contributed by atoms with Crippen LogP contribution in [0.4, 0.5) is 0 Å². The van der Waals surface area contributed by atoms with Crippen LogP contribution >= 0.6 is 12.4 Å². The molecule has 0 aliphatic heterocycles. The first-order valence-corrected chi connectivity index (χ1v) is 6.12. The van der Waals surface area contributed by atoms with Crippen molar-refractivity contribution in [3.63, 3.8) is 0 Å². The molecule has 102 valence electrons. The molecule has 0 aliphatic carbocycles. The lowest BCUT2D eigenvalue weighted by molar-refractivity contribution is -0.124. The average Bonchev–Trinajstić information content (AvgIpc) is 2.36. The van der Waals surface area contributed by atoms with E-state index in [9.17, 15) is 4.79 Å². The summed E-state index contributed by atoms with van der Waals surface area (Å²) in [5.74, 6) is 0.479. The normalized spacial score (nSPS) is 13.3. The summed E-state index contributed by atoms with van der Waals surface area (Å²) in [5, 5.41) is 5.99. The van der Waals surface area contributed by atoms with Crippen molar-refractivity contribution in [1.82, 2.24) is 10.6 Å². The van der Waals surface area contributed by atoms with Crippen LogP contribution in [0.5, 0.6) is 0 Å². The molecule has 1 aromatic carbocycles.